The van der Waals surface area contributed by atoms with Crippen LogP contribution < -0.4 is 0 Å². The fourth-order valence-corrected chi connectivity index (χ4v) is 6.87. The SMILES string of the molecule is O=C(O[C@H]1[C@H](O[C@H]2CCOC(CO)[C@H]2O[C@@H]2OC[C@@H](O)[C@@H](O)[C@@H]2O)O[C@@H](CO)[C@H](O)[C@@H]1O[C@H](CC1CCCCC1)C(=O)O)c1ccccc1. The fourth-order valence-electron chi connectivity index (χ4n) is 6.87. The number of ether oxygens (including phenoxy) is 7. The summed E-state index contributed by atoms with van der Waals surface area (Å²) in [5.41, 5.74) is 0.146. The molecule has 49 heavy (non-hydrogen) atoms. The van der Waals surface area contributed by atoms with Gasteiger partial charge in [-0.3, -0.25) is 0 Å². The number of aliphatic carboxylic acids is 1. The van der Waals surface area contributed by atoms with E-state index in [1.54, 1.807) is 18.2 Å². The van der Waals surface area contributed by atoms with Gasteiger partial charge in [-0.2, -0.15) is 0 Å². The van der Waals surface area contributed by atoms with Crippen LogP contribution in [0.4, 0.5) is 0 Å². The minimum absolute atomic E-state index is 0.0703. The molecule has 7 N–H and O–H groups in total. The molecule has 0 aromatic heterocycles. The summed E-state index contributed by atoms with van der Waals surface area (Å²) >= 11 is 0. The quantitative estimate of drug-likeness (QED) is 0.123. The minimum atomic E-state index is -1.67. The van der Waals surface area contributed by atoms with Gasteiger partial charge < -0.3 is 68.9 Å². The third-order valence-corrected chi connectivity index (χ3v) is 9.62. The van der Waals surface area contributed by atoms with Gasteiger partial charge in [0.25, 0.3) is 0 Å². The van der Waals surface area contributed by atoms with E-state index < -0.39 is 105 Å². The first-order chi connectivity index (χ1) is 23.6. The molecule has 0 amide bonds. The normalized spacial score (nSPS) is 38.1. The van der Waals surface area contributed by atoms with Crippen LogP contribution in [0, 0.1) is 5.92 Å². The second-order valence-electron chi connectivity index (χ2n) is 13.0. The van der Waals surface area contributed by atoms with Crippen LogP contribution in [-0.4, -0.2) is 154 Å². The Hall–Kier alpha value is -2.32. The zero-order valence-corrected chi connectivity index (χ0v) is 27.1. The molecule has 1 saturated carbocycles. The zero-order valence-electron chi connectivity index (χ0n) is 27.1. The van der Waals surface area contributed by atoms with Crippen molar-refractivity contribution in [1.82, 2.24) is 0 Å². The van der Waals surface area contributed by atoms with Crippen molar-refractivity contribution in [2.45, 2.75) is 125 Å². The van der Waals surface area contributed by atoms with Gasteiger partial charge in [-0.25, -0.2) is 9.59 Å². The van der Waals surface area contributed by atoms with Gasteiger partial charge in [-0.05, 0) is 30.9 Å². The summed E-state index contributed by atoms with van der Waals surface area (Å²) in [4.78, 5) is 25.9. The Labute approximate surface area is 283 Å². The molecule has 0 bridgehead atoms. The monoisotopic (exact) mass is 700 g/mol. The molecule has 1 unspecified atom stereocenters. The number of hydrogen-bond acceptors (Lipinski definition) is 15. The van der Waals surface area contributed by atoms with Crippen molar-refractivity contribution in [2.24, 2.45) is 5.92 Å². The van der Waals surface area contributed by atoms with E-state index in [0.29, 0.717) is 0 Å². The zero-order chi connectivity index (χ0) is 35.1. The Morgan fingerprint density at radius 3 is 2.18 bits per heavy atom. The lowest BCUT2D eigenvalue weighted by molar-refractivity contribution is -0.350. The average Bonchev–Trinajstić information content (AvgIpc) is 3.11. The standard InChI is InChI=1S/C33H48O16/c34-14-22-25(38)28(45-21(30(40)41)13-17-7-3-1-4-8-17)29(48-31(42)18-9-5-2-6-10-18)33(47-22)46-20-11-12-43-23(15-35)27(20)49-32-26(39)24(37)19(36)16-44-32/h2,5-6,9-10,17,19-29,32-39H,1,3-4,7-8,11-16H2,(H,40,41)/t19-,20+,21-,22+,23?,24-,25+,26+,27+,28+,29-,32+,33-/m1/s1. The van der Waals surface area contributed by atoms with E-state index in [2.05, 4.69) is 0 Å². The van der Waals surface area contributed by atoms with E-state index in [-0.39, 0.29) is 37.5 Å². The van der Waals surface area contributed by atoms with E-state index in [9.17, 15) is 45.3 Å². The van der Waals surface area contributed by atoms with Crippen LogP contribution in [0.1, 0.15) is 55.3 Å². The van der Waals surface area contributed by atoms with Gasteiger partial charge in [0.15, 0.2) is 24.8 Å². The molecule has 16 heteroatoms. The van der Waals surface area contributed by atoms with Gasteiger partial charge in [0, 0.05) is 6.61 Å². The summed E-state index contributed by atoms with van der Waals surface area (Å²) in [5.74, 6) is -2.03. The molecule has 3 aliphatic heterocycles. The van der Waals surface area contributed by atoms with E-state index >= 15 is 0 Å². The minimum Gasteiger partial charge on any atom is -0.479 e. The molecule has 1 aliphatic carbocycles. The number of benzene rings is 1. The highest BCUT2D eigenvalue weighted by Crippen LogP contribution is 2.35. The van der Waals surface area contributed by atoms with Gasteiger partial charge in [0.05, 0.1) is 31.5 Å². The van der Waals surface area contributed by atoms with Gasteiger partial charge in [0.1, 0.15) is 48.8 Å². The Balaban J connectivity index is 1.43. The Kier molecular flexibility index (Phi) is 13.7. The van der Waals surface area contributed by atoms with Crippen molar-refractivity contribution >= 4 is 11.9 Å². The van der Waals surface area contributed by atoms with Gasteiger partial charge in [0.2, 0.25) is 0 Å². The lowest BCUT2D eigenvalue weighted by Crippen LogP contribution is -2.64. The van der Waals surface area contributed by atoms with Crippen molar-refractivity contribution in [1.29, 1.82) is 0 Å². The number of esters is 1. The Bertz CT molecular complexity index is 1180. The van der Waals surface area contributed by atoms with Crippen molar-refractivity contribution in [3.63, 3.8) is 0 Å². The molecule has 3 heterocycles. The lowest BCUT2D eigenvalue weighted by Gasteiger charge is -2.47. The number of carboxylic acid groups (broad SMARTS) is 1. The second kappa shape index (κ2) is 17.7. The molecule has 1 aromatic rings. The highest BCUT2D eigenvalue weighted by atomic mass is 16.8. The molecule has 1 aromatic carbocycles. The molecule has 3 saturated heterocycles. The van der Waals surface area contributed by atoms with Crippen molar-refractivity contribution in [3.05, 3.63) is 35.9 Å². The Morgan fingerprint density at radius 1 is 0.796 bits per heavy atom. The van der Waals surface area contributed by atoms with Gasteiger partial charge >= 0.3 is 11.9 Å². The number of aliphatic hydroxyl groups is 6. The largest absolute Gasteiger partial charge is 0.479 e. The molecule has 0 spiro atoms. The molecule has 276 valence electrons. The smallest absolute Gasteiger partial charge is 0.338 e. The number of carboxylic acids is 1. The first-order valence-corrected chi connectivity index (χ1v) is 16.9. The van der Waals surface area contributed by atoms with Crippen LogP contribution >= 0.6 is 0 Å². The maximum Gasteiger partial charge on any atom is 0.338 e. The third-order valence-electron chi connectivity index (χ3n) is 9.62. The predicted molar refractivity (Wildman–Crippen MR) is 164 cm³/mol. The second-order valence-corrected chi connectivity index (χ2v) is 13.0. The molecule has 4 fully saturated rings. The van der Waals surface area contributed by atoms with E-state index in [4.69, 9.17) is 33.2 Å². The molecule has 5 rings (SSSR count). The topological polar surface area (TPSA) is 240 Å². The molecule has 0 radical (unpaired) electrons. The molecule has 16 nitrogen and oxygen atoms in total. The average molecular weight is 701 g/mol. The van der Waals surface area contributed by atoms with Gasteiger partial charge in [-0.15, -0.1) is 0 Å². The van der Waals surface area contributed by atoms with Crippen LogP contribution in [-0.2, 0) is 38.0 Å². The van der Waals surface area contributed by atoms with Gasteiger partial charge in [-0.1, -0.05) is 50.3 Å². The third kappa shape index (κ3) is 9.32. The molecule has 4 aliphatic rings. The van der Waals surface area contributed by atoms with Crippen molar-refractivity contribution in [2.75, 3.05) is 26.4 Å². The van der Waals surface area contributed by atoms with Crippen molar-refractivity contribution in [3.8, 4) is 0 Å². The molecular weight excluding hydrogens is 652 g/mol. The number of hydrogen-bond donors (Lipinski definition) is 7. The maximum absolute atomic E-state index is 13.4. The number of aliphatic hydroxyl groups excluding tert-OH is 6. The van der Waals surface area contributed by atoms with E-state index in [0.717, 1.165) is 32.1 Å². The number of carbonyl (C=O) groups is 2. The summed E-state index contributed by atoms with van der Waals surface area (Å²) in [5, 5.41) is 72.4. The molecular formula is C33H48O16. The fraction of sp³-hybridized carbons (Fsp3) is 0.758. The van der Waals surface area contributed by atoms with E-state index in [1.165, 1.54) is 12.1 Å². The summed E-state index contributed by atoms with van der Waals surface area (Å²) in [6, 6.07) is 7.94. The van der Waals surface area contributed by atoms with Crippen LogP contribution in [0.15, 0.2) is 30.3 Å². The maximum atomic E-state index is 13.4. The first-order valence-electron chi connectivity index (χ1n) is 16.9. The lowest BCUT2D eigenvalue weighted by atomic mass is 9.85. The highest BCUT2D eigenvalue weighted by molar-refractivity contribution is 5.89. The molecule has 13 atom stereocenters. The van der Waals surface area contributed by atoms with E-state index in [1.807, 2.05) is 0 Å². The van der Waals surface area contributed by atoms with Crippen LogP contribution in [0.3, 0.4) is 0 Å². The highest BCUT2D eigenvalue weighted by Gasteiger charge is 2.53. The summed E-state index contributed by atoms with van der Waals surface area (Å²) in [6.45, 7) is -1.56. The van der Waals surface area contributed by atoms with Crippen LogP contribution in [0.5, 0.6) is 0 Å². The first kappa shape index (κ1) is 37.9. The Morgan fingerprint density at radius 2 is 1.51 bits per heavy atom. The summed E-state index contributed by atoms with van der Waals surface area (Å²) < 4.78 is 41.3. The van der Waals surface area contributed by atoms with Crippen molar-refractivity contribution < 1.29 is 78.5 Å². The van der Waals surface area contributed by atoms with Crippen LogP contribution in [0.25, 0.3) is 0 Å². The summed E-state index contributed by atoms with van der Waals surface area (Å²) in [7, 11) is 0. The predicted octanol–water partition coefficient (Wildman–Crippen LogP) is -0.910. The number of carbonyl (C=O) groups excluding carboxylic acids is 1. The summed E-state index contributed by atoms with van der Waals surface area (Å²) in [6.07, 6.45) is -13.4. The van der Waals surface area contributed by atoms with Crippen LogP contribution in [0.2, 0.25) is 0 Å². The number of rotatable bonds is 13.